The molecule has 0 saturated heterocycles. The Kier molecular flexibility index (Phi) is 4.31. The Bertz CT molecular complexity index is 480. The van der Waals surface area contributed by atoms with Gasteiger partial charge in [-0.05, 0) is 46.1 Å². The summed E-state index contributed by atoms with van der Waals surface area (Å²) in [5, 5.41) is 11.4. The Balaban J connectivity index is 2.13. The van der Waals surface area contributed by atoms with Gasteiger partial charge in [0.25, 0.3) is 0 Å². The lowest BCUT2D eigenvalue weighted by Gasteiger charge is -2.13. The second-order valence-electron chi connectivity index (χ2n) is 3.87. The van der Waals surface area contributed by atoms with Crippen molar-refractivity contribution in [2.24, 2.45) is 0 Å². The van der Waals surface area contributed by atoms with E-state index in [0.29, 0.717) is 0 Å². The van der Waals surface area contributed by atoms with E-state index >= 15 is 0 Å². The largest absolute Gasteiger partial charge is 0.396 e. The van der Waals surface area contributed by atoms with Crippen LogP contribution in [0.15, 0.2) is 40.2 Å². The zero-order valence-electron chi connectivity index (χ0n) is 9.07. The van der Waals surface area contributed by atoms with Crippen LogP contribution in [0.5, 0.6) is 0 Å². The van der Waals surface area contributed by atoms with Gasteiger partial charge in [-0.15, -0.1) is 11.3 Å². The van der Waals surface area contributed by atoms with Crippen LogP contribution in [0.4, 0.5) is 4.39 Å². The molecule has 0 aliphatic heterocycles. The first-order valence-electron chi connectivity index (χ1n) is 5.28. The van der Waals surface area contributed by atoms with E-state index in [1.165, 1.54) is 17.0 Å². The van der Waals surface area contributed by atoms with Gasteiger partial charge in [0.1, 0.15) is 5.82 Å². The number of halogens is 2. The average molecular weight is 315 g/mol. The van der Waals surface area contributed by atoms with Crippen LogP contribution < -0.4 is 0 Å². The molecule has 1 atom stereocenters. The molecule has 2 rings (SSSR count). The Hall–Kier alpha value is -0.710. The van der Waals surface area contributed by atoms with Crippen molar-refractivity contribution in [3.05, 3.63) is 56.4 Å². The Morgan fingerprint density at radius 3 is 2.53 bits per heavy atom. The second kappa shape index (κ2) is 5.76. The number of hydrogen-bond donors (Lipinski definition) is 1. The van der Waals surface area contributed by atoms with E-state index in [1.54, 1.807) is 23.5 Å². The smallest absolute Gasteiger partial charge is 0.123 e. The fourth-order valence-corrected chi connectivity index (χ4v) is 3.26. The third-order valence-electron chi connectivity index (χ3n) is 2.63. The molecule has 1 heterocycles. The molecule has 1 unspecified atom stereocenters. The predicted octanol–water partition coefficient (Wildman–Crippen LogP) is 3.97. The lowest BCUT2D eigenvalue weighted by atomic mass is 9.96. The van der Waals surface area contributed by atoms with Crippen molar-refractivity contribution >= 4 is 27.3 Å². The summed E-state index contributed by atoms with van der Waals surface area (Å²) < 4.78 is 13.9. The van der Waals surface area contributed by atoms with Crippen molar-refractivity contribution in [2.75, 3.05) is 6.61 Å². The first-order valence-corrected chi connectivity index (χ1v) is 6.95. The zero-order chi connectivity index (χ0) is 12.3. The highest BCUT2D eigenvalue weighted by molar-refractivity contribution is 9.10. The summed E-state index contributed by atoms with van der Waals surface area (Å²) in [4.78, 5) is 1.21. The predicted molar refractivity (Wildman–Crippen MR) is 71.9 cm³/mol. The quantitative estimate of drug-likeness (QED) is 0.905. The molecule has 0 aliphatic rings. The number of aliphatic hydroxyl groups is 1. The van der Waals surface area contributed by atoms with E-state index in [9.17, 15) is 9.50 Å². The van der Waals surface area contributed by atoms with Gasteiger partial charge in [-0.1, -0.05) is 12.1 Å². The number of thiophene rings is 1. The molecule has 90 valence electrons. The lowest BCUT2D eigenvalue weighted by molar-refractivity contribution is 0.265. The lowest BCUT2D eigenvalue weighted by Crippen LogP contribution is -2.06. The minimum absolute atomic E-state index is 0.0288. The van der Waals surface area contributed by atoms with E-state index in [2.05, 4.69) is 22.0 Å². The molecule has 0 bridgehead atoms. The van der Waals surface area contributed by atoms with E-state index in [0.717, 1.165) is 16.5 Å². The van der Waals surface area contributed by atoms with Crippen molar-refractivity contribution < 1.29 is 9.50 Å². The summed E-state index contributed by atoms with van der Waals surface area (Å²) in [6.07, 6.45) is 0.776. The fourth-order valence-electron chi connectivity index (χ4n) is 1.73. The Labute approximate surface area is 112 Å². The fraction of sp³-hybridized carbons (Fsp3) is 0.231. The van der Waals surface area contributed by atoms with Gasteiger partial charge in [0.05, 0.1) is 6.61 Å². The number of benzene rings is 1. The number of hydrogen-bond acceptors (Lipinski definition) is 2. The number of rotatable bonds is 4. The van der Waals surface area contributed by atoms with Crippen LogP contribution in [-0.2, 0) is 6.42 Å². The highest BCUT2D eigenvalue weighted by atomic mass is 79.9. The van der Waals surface area contributed by atoms with E-state index in [-0.39, 0.29) is 18.3 Å². The molecular weight excluding hydrogens is 303 g/mol. The van der Waals surface area contributed by atoms with Gasteiger partial charge in [-0.3, -0.25) is 0 Å². The van der Waals surface area contributed by atoms with Crippen LogP contribution >= 0.6 is 27.3 Å². The molecule has 1 nitrogen and oxygen atoms in total. The highest BCUT2D eigenvalue weighted by Crippen LogP contribution is 2.26. The normalized spacial score (nSPS) is 12.6. The molecule has 0 radical (unpaired) electrons. The molecule has 4 heteroatoms. The SMILES string of the molecule is OCC(Cc1cc(Br)cs1)c1ccc(F)cc1. The Morgan fingerprint density at radius 2 is 2.00 bits per heavy atom. The van der Waals surface area contributed by atoms with E-state index < -0.39 is 0 Å². The summed E-state index contributed by atoms with van der Waals surface area (Å²) in [7, 11) is 0. The maximum Gasteiger partial charge on any atom is 0.123 e. The monoisotopic (exact) mass is 314 g/mol. The van der Waals surface area contributed by atoms with Crippen molar-refractivity contribution in [3.63, 3.8) is 0 Å². The molecule has 2 aromatic rings. The summed E-state index contributed by atoms with van der Waals surface area (Å²) in [5.41, 5.74) is 0.971. The van der Waals surface area contributed by atoms with Gasteiger partial charge in [-0.25, -0.2) is 4.39 Å². The maximum absolute atomic E-state index is 12.8. The summed E-state index contributed by atoms with van der Waals surface area (Å²) >= 11 is 5.07. The average Bonchev–Trinajstić information content (AvgIpc) is 2.73. The molecule has 1 N–H and O–H groups in total. The summed E-state index contributed by atoms with van der Waals surface area (Å²) in [5.74, 6) is -0.217. The zero-order valence-corrected chi connectivity index (χ0v) is 11.5. The van der Waals surface area contributed by atoms with Crippen molar-refractivity contribution in [1.29, 1.82) is 0 Å². The molecule has 0 saturated carbocycles. The van der Waals surface area contributed by atoms with Crippen molar-refractivity contribution in [3.8, 4) is 0 Å². The summed E-state index contributed by atoms with van der Waals surface area (Å²) in [6, 6.07) is 8.39. The third-order valence-corrected chi connectivity index (χ3v) is 4.35. The summed E-state index contributed by atoms with van der Waals surface area (Å²) in [6.45, 7) is 0.0706. The molecule has 17 heavy (non-hydrogen) atoms. The standard InChI is InChI=1S/C13H12BrFOS/c14-11-6-13(17-8-11)5-10(7-16)9-1-3-12(15)4-2-9/h1-4,6,8,10,16H,5,7H2. The maximum atomic E-state index is 12.8. The van der Waals surface area contributed by atoms with Crippen LogP contribution in [0.3, 0.4) is 0 Å². The van der Waals surface area contributed by atoms with Crippen LogP contribution in [0.2, 0.25) is 0 Å². The Morgan fingerprint density at radius 1 is 1.29 bits per heavy atom. The van der Waals surface area contributed by atoms with Gasteiger partial charge in [0.2, 0.25) is 0 Å². The van der Waals surface area contributed by atoms with E-state index in [1.807, 2.05) is 5.38 Å². The molecule has 0 aliphatic carbocycles. The van der Waals surface area contributed by atoms with Crippen LogP contribution in [-0.4, -0.2) is 11.7 Å². The minimum atomic E-state index is -0.246. The molecule has 1 aromatic carbocycles. The molecule has 1 aromatic heterocycles. The molecule has 0 spiro atoms. The van der Waals surface area contributed by atoms with Crippen LogP contribution in [0.1, 0.15) is 16.4 Å². The minimum Gasteiger partial charge on any atom is -0.396 e. The first kappa shape index (κ1) is 12.7. The second-order valence-corrected chi connectivity index (χ2v) is 5.78. The van der Waals surface area contributed by atoms with Crippen molar-refractivity contribution in [1.82, 2.24) is 0 Å². The molecular formula is C13H12BrFOS. The third kappa shape index (κ3) is 3.37. The highest BCUT2D eigenvalue weighted by Gasteiger charge is 2.12. The number of aliphatic hydroxyl groups excluding tert-OH is 1. The van der Waals surface area contributed by atoms with Crippen LogP contribution in [0, 0.1) is 5.82 Å². The van der Waals surface area contributed by atoms with Gasteiger partial charge in [0.15, 0.2) is 0 Å². The van der Waals surface area contributed by atoms with Gasteiger partial charge in [-0.2, -0.15) is 0 Å². The van der Waals surface area contributed by atoms with E-state index in [4.69, 9.17) is 0 Å². The molecule has 0 fully saturated rings. The van der Waals surface area contributed by atoms with Crippen LogP contribution in [0.25, 0.3) is 0 Å². The topological polar surface area (TPSA) is 20.2 Å². The van der Waals surface area contributed by atoms with Gasteiger partial charge in [0, 0.05) is 20.6 Å². The van der Waals surface area contributed by atoms with Gasteiger partial charge < -0.3 is 5.11 Å². The first-order chi connectivity index (χ1) is 8.19. The molecule has 0 amide bonds. The van der Waals surface area contributed by atoms with Crippen molar-refractivity contribution in [2.45, 2.75) is 12.3 Å². The van der Waals surface area contributed by atoms with Gasteiger partial charge >= 0.3 is 0 Å².